The van der Waals surface area contributed by atoms with Crippen LogP contribution in [0.25, 0.3) is 0 Å². The Morgan fingerprint density at radius 1 is 1.38 bits per heavy atom. The van der Waals surface area contributed by atoms with Gasteiger partial charge in [-0.25, -0.2) is 4.79 Å². The number of hydrogen-bond acceptors (Lipinski definition) is 4. The van der Waals surface area contributed by atoms with Gasteiger partial charge >= 0.3 is 12.0 Å². The monoisotopic (exact) mass is 295 g/mol. The van der Waals surface area contributed by atoms with Crippen molar-refractivity contribution in [2.24, 2.45) is 18.9 Å². The fourth-order valence-electron chi connectivity index (χ4n) is 2.69. The van der Waals surface area contributed by atoms with Gasteiger partial charge in [-0.2, -0.15) is 0 Å². The Morgan fingerprint density at radius 2 is 2.14 bits per heavy atom. The average molecular weight is 295 g/mol. The fraction of sp³-hybridized carbons (Fsp3) is 0.692. The van der Waals surface area contributed by atoms with E-state index in [1.165, 1.54) is 0 Å². The van der Waals surface area contributed by atoms with E-state index in [-0.39, 0.29) is 24.4 Å². The molecule has 2 amide bonds. The molecule has 8 nitrogen and oxygen atoms in total. The van der Waals surface area contributed by atoms with Gasteiger partial charge in [-0.15, -0.1) is 10.2 Å². The van der Waals surface area contributed by atoms with Crippen LogP contribution in [0, 0.1) is 11.8 Å². The minimum Gasteiger partial charge on any atom is -0.481 e. The first kappa shape index (κ1) is 15.3. The molecular weight excluding hydrogens is 274 g/mol. The third-order valence-electron chi connectivity index (χ3n) is 3.96. The van der Waals surface area contributed by atoms with Crippen LogP contribution in [0.15, 0.2) is 6.33 Å². The molecule has 0 aliphatic heterocycles. The first-order chi connectivity index (χ1) is 10.1. The zero-order valence-electron chi connectivity index (χ0n) is 12.1. The Kier molecular flexibility index (Phi) is 5.13. The van der Waals surface area contributed by atoms with Crippen molar-refractivity contribution in [3.63, 3.8) is 0 Å². The predicted molar refractivity (Wildman–Crippen MR) is 74.3 cm³/mol. The van der Waals surface area contributed by atoms with E-state index in [2.05, 4.69) is 20.8 Å². The minimum atomic E-state index is -0.763. The first-order valence-electron chi connectivity index (χ1n) is 7.15. The first-order valence-corrected chi connectivity index (χ1v) is 7.15. The zero-order valence-corrected chi connectivity index (χ0v) is 12.1. The van der Waals surface area contributed by atoms with E-state index < -0.39 is 5.97 Å². The Balaban J connectivity index is 1.75. The molecular formula is C13H21N5O3. The van der Waals surface area contributed by atoms with Crippen molar-refractivity contribution in [2.75, 3.05) is 6.54 Å². The third kappa shape index (κ3) is 4.17. The second-order valence-electron chi connectivity index (χ2n) is 5.41. The molecule has 0 saturated heterocycles. The summed E-state index contributed by atoms with van der Waals surface area (Å²) in [6, 6.07) is -0.312. The van der Waals surface area contributed by atoms with Crippen LogP contribution in [0.3, 0.4) is 0 Å². The van der Waals surface area contributed by atoms with E-state index in [9.17, 15) is 14.7 Å². The Labute approximate surface area is 122 Å². The van der Waals surface area contributed by atoms with Crippen LogP contribution in [0.1, 0.15) is 31.5 Å². The van der Waals surface area contributed by atoms with E-state index in [0.717, 1.165) is 19.3 Å². The van der Waals surface area contributed by atoms with Crippen LogP contribution in [0.2, 0.25) is 0 Å². The summed E-state index contributed by atoms with van der Waals surface area (Å²) in [7, 11) is 1.80. The number of hydrogen-bond donors (Lipinski definition) is 3. The highest BCUT2D eigenvalue weighted by Crippen LogP contribution is 2.29. The number of aromatic nitrogens is 3. The third-order valence-corrected chi connectivity index (χ3v) is 3.96. The second-order valence-corrected chi connectivity index (χ2v) is 5.41. The van der Waals surface area contributed by atoms with Gasteiger partial charge in [0.1, 0.15) is 6.33 Å². The van der Waals surface area contributed by atoms with Crippen molar-refractivity contribution < 1.29 is 14.7 Å². The molecule has 1 aliphatic rings. The quantitative estimate of drug-likeness (QED) is 0.733. The van der Waals surface area contributed by atoms with E-state index >= 15 is 0 Å². The lowest BCUT2D eigenvalue weighted by molar-refractivity contribution is -0.144. The summed E-state index contributed by atoms with van der Waals surface area (Å²) in [5.41, 5.74) is 0. The van der Waals surface area contributed by atoms with Gasteiger partial charge in [0.15, 0.2) is 5.82 Å². The molecule has 8 heteroatoms. The number of carbonyl (C=O) groups excluding carboxylic acids is 1. The topological polar surface area (TPSA) is 109 Å². The Morgan fingerprint density at radius 3 is 2.81 bits per heavy atom. The number of aryl methyl sites for hydroxylation is 1. The standard InChI is InChI=1S/C13H21N5O3/c1-18-8-16-17-11(18)7-15-13(21)14-6-9-4-2-3-5-10(9)12(19)20/h8-10H,2-7H2,1H3,(H,19,20)(H2,14,15,21). The van der Waals surface area contributed by atoms with Gasteiger partial charge in [0.25, 0.3) is 0 Å². The number of carboxylic acid groups (broad SMARTS) is 1. The van der Waals surface area contributed by atoms with Gasteiger partial charge in [-0.3, -0.25) is 4.79 Å². The van der Waals surface area contributed by atoms with Crippen molar-refractivity contribution in [1.29, 1.82) is 0 Å². The van der Waals surface area contributed by atoms with Crippen molar-refractivity contribution in [3.05, 3.63) is 12.2 Å². The number of urea groups is 1. The Hall–Kier alpha value is -2.12. The molecule has 1 fully saturated rings. The van der Waals surface area contributed by atoms with E-state index in [1.807, 2.05) is 0 Å². The predicted octanol–water partition coefficient (Wildman–Crippen LogP) is 0.505. The smallest absolute Gasteiger partial charge is 0.315 e. The maximum absolute atomic E-state index is 11.7. The lowest BCUT2D eigenvalue weighted by Gasteiger charge is -2.28. The lowest BCUT2D eigenvalue weighted by Crippen LogP contribution is -2.41. The molecule has 1 saturated carbocycles. The lowest BCUT2D eigenvalue weighted by atomic mass is 9.79. The molecule has 21 heavy (non-hydrogen) atoms. The normalized spacial score (nSPS) is 21.8. The van der Waals surface area contributed by atoms with Crippen LogP contribution in [-0.4, -0.2) is 38.4 Å². The van der Waals surface area contributed by atoms with Crippen molar-refractivity contribution in [2.45, 2.75) is 32.2 Å². The van der Waals surface area contributed by atoms with Crippen LogP contribution in [0.5, 0.6) is 0 Å². The summed E-state index contributed by atoms with van der Waals surface area (Å²) in [5, 5.41) is 22.2. The zero-order chi connectivity index (χ0) is 15.2. The minimum absolute atomic E-state index is 0.0110. The molecule has 1 aliphatic carbocycles. The van der Waals surface area contributed by atoms with Gasteiger partial charge in [0.2, 0.25) is 0 Å². The maximum atomic E-state index is 11.7. The maximum Gasteiger partial charge on any atom is 0.315 e. The molecule has 2 unspecified atom stereocenters. The van der Waals surface area contributed by atoms with Gasteiger partial charge in [-0.05, 0) is 18.8 Å². The summed E-state index contributed by atoms with van der Waals surface area (Å²) >= 11 is 0. The largest absolute Gasteiger partial charge is 0.481 e. The number of rotatable bonds is 5. The number of nitrogens with zero attached hydrogens (tertiary/aromatic N) is 3. The molecule has 1 heterocycles. The highest BCUT2D eigenvalue weighted by atomic mass is 16.4. The number of nitrogens with one attached hydrogen (secondary N) is 2. The van der Waals surface area contributed by atoms with Crippen LogP contribution < -0.4 is 10.6 Å². The Bertz CT molecular complexity index is 502. The summed E-state index contributed by atoms with van der Waals surface area (Å²) in [6.07, 6.45) is 5.08. The average Bonchev–Trinajstić information content (AvgIpc) is 2.88. The van der Waals surface area contributed by atoms with Crippen LogP contribution in [-0.2, 0) is 18.4 Å². The van der Waals surface area contributed by atoms with E-state index in [1.54, 1.807) is 17.9 Å². The van der Waals surface area contributed by atoms with Gasteiger partial charge in [-0.1, -0.05) is 12.8 Å². The summed E-state index contributed by atoms with van der Waals surface area (Å²) in [6.45, 7) is 0.678. The van der Waals surface area contributed by atoms with E-state index in [0.29, 0.717) is 18.8 Å². The SMILES string of the molecule is Cn1cnnc1CNC(=O)NCC1CCCCC1C(=O)O. The van der Waals surface area contributed by atoms with Crippen LogP contribution in [0.4, 0.5) is 4.79 Å². The number of amides is 2. The molecule has 0 radical (unpaired) electrons. The summed E-state index contributed by atoms with van der Waals surface area (Å²) < 4.78 is 1.72. The van der Waals surface area contributed by atoms with Gasteiger partial charge in [0, 0.05) is 13.6 Å². The fourth-order valence-corrected chi connectivity index (χ4v) is 2.69. The van der Waals surface area contributed by atoms with Gasteiger partial charge < -0.3 is 20.3 Å². The molecule has 2 rings (SSSR count). The molecule has 1 aromatic rings. The van der Waals surface area contributed by atoms with Crippen molar-refractivity contribution in [3.8, 4) is 0 Å². The number of carboxylic acids is 1. The second kappa shape index (κ2) is 7.05. The molecule has 3 N–H and O–H groups in total. The summed E-state index contributed by atoms with van der Waals surface area (Å²) in [5.74, 6) is -0.443. The molecule has 1 aromatic heterocycles. The molecule has 0 bridgehead atoms. The van der Waals surface area contributed by atoms with Gasteiger partial charge in [0.05, 0.1) is 12.5 Å². The molecule has 2 atom stereocenters. The van der Waals surface area contributed by atoms with Crippen molar-refractivity contribution in [1.82, 2.24) is 25.4 Å². The highest BCUT2D eigenvalue weighted by molar-refractivity contribution is 5.74. The van der Waals surface area contributed by atoms with E-state index in [4.69, 9.17) is 0 Å². The molecule has 116 valence electrons. The molecule has 0 aromatic carbocycles. The summed E-state index contributed by atoms with van der Waals surface area (Å²) in [4.78, 5) is 22.9. The highest BCUT2D eigenvalue weighted by Gasteiger charge is 2.30. The number of carbonyl (C=O) groups is 2. The van der Waals surface area contributed by atoms with Crippen LogP contribution >= 0.6 is 0 Å². The number of aliphatic carboxylic acids is 1. The van der Waals surface area contributed by atoms with Crippen molar-refractivity contribution >= 4 is 12.0 Å². The molecule has 0 spiro atoms.